The van der Waals surface area contributed by atoms with Gasteiger partial charge in [0.1, 0.15) is 5.82 Å². The molecule has 0 spiro atoms. The maximum atomic E-state index is 4.72. The van der Waals surface area contributed by atoms with Crippen molar-refractivity contribution < 1.29 is 0 Å². The number of para-hydroxylation sites is 2. The first-order valence-electron chi connectivity index (χ1n) is 6.02. The highest BCUT2D eigenvalue weighted by atomic mass is 15.1. The second-order valence-corrected chi connectivity index (χ2v) is 4.19. The second kappa shape index (κ2) is 4.49. The number of nitrogens with zero attached hydrogens (tertiary/aromatic N) is 2. The van der Waals surface area contributed by atoms with Crippen LogP contribution in [0.2, 0.25) is 0 Å². The Bertz CT molecular complexity index is 681. The number of aromatic nitrogens is 2. The maximum Gasteiger partial charge on any atom is 0.141 e. The lowest BCUT2D eigenvalue weighted by atomic mass is 10.2. The standard InChI is InChI=1S/C16H14N2/c1-2-12-18-15-11-7-6-10-14(15)17-16(18)13-8-4-3-5-9-13/h2-11H,1,12H2. The van der Waals surface area contributed by atoms with Gasteiger partial charge < -0.3 is 4.57 Å². The third kappa shape index (κ3) is 1.72. The van der Waals surface area contributed by atoms with Crippen molar-refractivity contribution in [1.82, 2.24) is 9.55 Å². The van der Waals surface area contributed by atoms with E-state index in [1.54, 1.807) is 0 Å². The molecule has 0 amide bonds. The molecule has 2 aromatic carbocycles. The van der Waals surface area contributed by atoms with Crippen LogP contribution in [0.15, 0.2) is 67.3 Å². The van der Waals surface area contributed by atoms with Crippen LogP contribution in [0, 0.1) is 0 Å². The molecule has 0 aliphatic rings. The highest BCUT2D eigenvalue weighted by molar-refractivity contribution is 5.80. The zero-order chi connectivity index (χ0) is 12.4. The van der Waals surface area contributed by atoms with E-state index in [0.717, 1.165) is 29.0 Å². The van der Waals surface area contributed by atoms with Crippen molar-refractivity contribution in [2.45, 2.75) is 6.54 Å². The fourth-order valence-electron chi connectivity index (χ4n) is 2.20. The number of hydrogen-bond donors (Lipinski definition) is 0. The third-order valence-corrected chi connectivity index (χ3v) is 3.00. The predicted molar refractivity (Wildman–Crippen MR) is 75.4 cm³/mol. The van der Waals surface area contributed by atoms with Crippen LogP contribution in [-0.2, 0) is 6.54 Å². The smallest absolute Gasteiger partial charge is 0.141 e. The lowest BCUT2D eigenvalue weighted by molar-refractivity contribution is 0.862. The van der Waals surface area contributed by atoms with Gasteiger partial charge in [-0.3, -0.25) is 0 Å². The topological polar surface area (TPSA) is 17.8 Å². The van der Waals surface area contributed by atoms with Crippen molar-refractivity contribution in [2.75, 3.05) is 0 Å². The van der Waals surface area contributed by atoms with Gasteiger partial charge in [0.15, 0.2) is 0 Å². The molecule has 2 heteroatoms. The monoisotopic (exact) mass is 234 g/mol. The van der Waals surface area contributed by atoms with Crippen LogP contribution in [0.3, 0.4) is 0 Å². The molecule has 0 bridgehead atoms. The number of allylic oxidation sites excluding steroid dienone is 1. The minimum atomic E-state index is 0.769. The lowest BCUT2D eigenvalue weighted by Gasteiger charge is -2.06. The SMILES string of the molecule is C=CCn1c(-c2ccccc2)nc2ccccc21. The average molecular weight is 234 g/mol. The van der Waals surface area contributed by atoms with Crippen molar-refractivity contribution in [3.05, 3.63) is 67.3 Å². The van der Waals surface area contributed by atoms with Gasteiger partial charge in [0.25, 0.3) is 0 Å². The second-order valence-electron chi connectivity index (χ2n) is 4.19. The van der Waals surface area contributed by atoms with Crippen molar-refractivity contribution in [2.24, 2.45) is 0 Å². The van der Waals surface area contributed by atoms with E-state index < -0.39 is 0 Å². The Kier molecular flexibility index (Phi) is 2.69. The molecule has 18 heavy (non-hydrogen) atoms. The van der Waals surface area contributed by atoms with E-state index in [2.05, 4.69) is 29.3 Å². The van der Waals surface area contributed by atoms with E-state index in [0.29, 0.717) is 0 Å². The van der Waals surface area contributed by atoms with Gasteiger partial charge in [-0.25, -0.2) is 4.98 Å². The highest BCUT2D eigenvalue weighted by Crippen LogP contribution is 2.24. The van der Waals surface area contributed by atoms with E-state index in [1.165, 1.54) is 0 Å². The molecule has 0 radical (unpaired) electrons. The van der Waals surface area contributed by atoms with Crippen molar-refractivity contribution in [3.63, 3.8) is 0 Å². The molecule has 3 rings (SSSR count). The third-order valence-electron chi connectivity index (χ3n) is 3.00. The summed E-state index contributed by atoms with van der Waals surface area (Å²) in [6, 6.07) is 18.5. The Morgan fingerprint density at radius 2 is 1.72 bits per heavy atom. The van der Waals surface area contributed by atoms with Gasteiger partial charge in [-0.15, -0.1) is 6.58 Å². The van der Waals surface area contributed by atoms with Crippen LogP contribution in [0.4, 0.5) is 0 Å². The van der Waals surface area contributed by atoms with Gasteiger partial charge in [-0.2, -0.15) is 0 Å². The number of fused-ring (bicyclic) bond motifs is 1. The molecule has 3 aromatic rings. The Morgan fingerprint density at radius 1 is 1.00 bits per heavy atom. The summed E-state index contributed by atoms with van der Waals surface area (Å²) >= 11 is 0. The molecule has 2 nitrogen and oxygen atoms in total. The Morgan fingerprint density at radius 3 is 2.50 bits per heavy atom. The molecule has 88 valence electrons. The van der Waals surface area contributed by atoms with Crippen LogP contribution in [-0.4, -0.2) is 9.55 Å². The van der Waals surface area contributed by atoms with Gasteiger partial charge in [0.2, 0.25) is 0 Å². The molecule has 1 aromatic heterocycles. The van der Waals surface area contributed by atoms with E-state index in [4.69, 9.17) is 4.98 Å². The van der Waals surface area contributed by atoms with Crippen LogP contribution < -0.4 is 0 Å². The molecule has 0 aliphatic carbocycles. The Balaban J connectivity index is 2.28. The zero-order valence-corrected chi connectivity index (χ0v) is 10.1. The number of rotatable bonds is 3. The number of benzene rings is 2. The Hall–Kier alpha value is -2.35. The summed E-state index contributed by atoms with van der Waals surface area (Å²) in [4.78, 5) is 4.72. The molecular weight excluding hydrogens is 220 g/mol. The number of imidazole rings is 1. The normalized spacial score (nSPS) is 10.7. The molecule has 0 saturated carbocycles. The molecule has 0 aliphatic heterocycles. The quantitative estimate of drug-likeness (QED) is 0.629. The van der Waals surface area contributed by atoms with Crippen LogP contribution in [0.25, 0.3) is 22.4 Å². The molecule has 0 fully saturated rings. The van der Waals surface area contributed by atoms with Gasteiger partial charge in [0, 0.05) is 12.1 Å². The maximum absolute atomic E-state index is 4.72. The van der Waals surface area contributed by atoms with E-state index in [-0.39, 0.29) is 0 Å². The lowest BCUT2D eigenvalue weighted by Crippen LogP contribution is -1.97. The fraction of sp³-hybridized carbons (Fsp3) is 0.0625. The van der Waals surface area contributed by atoms with Crippen LogP contribution in [0.5, 0.6) is 0 Å². The summed E-state index contributed by atoms with van der Waals surface area (Å²) in [7, 11) is 0. The molecule has 0 N–H and O–H groups in total. The van der Waals surface area contributed by atoms with Crippen LogP contribution >= 0.6 is 0 Å². The van der Waals surface area contributed by atoms with Crippen molar-refractivity contribution >= 4 is 11.0 Å². The van der Waals surface area contributed by atoms with Gasteiger partial charge in [-0.05, 0) is 12.1 Å². The van der Waals surface area contributed by atoms with E-state index in [1.807, 2.05) is 42.5 Å². The Labute approximate surface area is 106 Å². The molecule has 0 saturated heterocycles. The summed E-state index contributed by atoms with van der Waals surface area (Å²) < 4.78 is 2.19. The summed E-state index contributed by atoms with van der Waals surface area (Å²) in [5, 5.41) is 0. The van der Waals surface area contributed by atoms with Gasteiger partial charge in [-0.1, -0.05) is 48.5 Å². The van der Waals surface area contributed by atoms with E-state index in [9.17, 15) is 0 Å². The summed E-state index contributed by atoms with van der Waals surface area (Å²) in [5.74, 6) is 0.997. The number of hydrogen-bond acceptors (Lipinski definition) is 1. The summed E-state index contributed by atoms with van der Waals surface area (Å²) in [6.07, 6.45) is 1.90. The first-order valence-corrected chi connectivity index (χ1v) is 6.02. The highest BCUT2D eigenvalue weighted by Gasteiger charge is 2.10. The minimum Gasteiger partial charge on any atom is -0.320 e. The largest absolute Gasteiger partial charge is 0.320 e. The van der Waals surface area contributed by atoms with Gasteiger partial charge >= 0.3 is 0 Å². The minimum absolute atomic E-state index is 0.769. The van der Waals surface area contributed by atoms with Crippen molar-refractivity contribution in [3.8, 4) is 11.4 Å². The summed E-state index contributed by atoms with van der Waals surface area (Å²) in [6.45, 7) is 4.60. The molecule has 0 atom stereocenters. The van der Waals surface area contributed by atoms with Crippen molar-refractivity contribution in [1.29, 1.82) is 0 Å². The molecular formula is C16H14N2. The van der Waals surface area contributed by atoms with E-state index >= 15 is 0 Å². The zero-order valence-electron chi connectivity index (χ0n) is 10.1. The van der Waals surface area contributed by atoms with Crippen LogP contribution in [0.1, 0.15) is 0 Å². The average Bonchev–Trinajstić information content (AvgIpc) is 2.80. The molecule has 0 unspecified atom stereocenters. The fourth-order valence-corrected chi connectivity index (χ4v) is 2.20. The van der Waals surface area contributed by atoms with Gasteiger partial charge in [0.05, 0.1) is 11.0 Å². The predicted octanol–water partition coefficient (Wildman–Crippen LogP) is 3.89. The summed E-state index contributed by atoms with van der Waals surface area (Å²) in [5.41, 5.74) is 3.31. The molecule has 1 heterocycles. The first kappa shape index (κ1) is 10.8. The first-order chi connectivity index (χ1) is 8.90.